The Morgan fingerprint density at radius 2 is 0.894 bits per heavy atom. The summed E-state index contributed by atoms with van der Waals surface area (Å²) < 4.78 is 0. The van der Waals surface area contributed by atoms with E-state index in [0.29, 0.717) is 0 Å². The molecule has 0 aromatic heterocycles. The summed E-state index contributed by atoms with van der Waals surface area (Å²) >= 11 is 0. The lowest BCUT2D eigenvalue weighted by Gasteiger charge is -2.36. The van der Waals surface area contributed by atoms with E-state index in [9.17, 15) is 5.11 Å². The Balaban J connectivity index is 2.18. The smallest absolute Gasteiger partial charge is 0.0667 e. The van der Waals surface area contributed by atoms with Gasteiger partial charge in [-0.3, -0.25) is 15.2 Å². The van der Waals surface area contributed by atoms with E-state index in [1.165, 1.54) is 193 Å². The zero-order valence-electron chi connectivity index (χ0n) is 32.8. The second-order valence-electron chi connectivity index (χ2n) is 15.2. The van der Waals surface area contributed by atoms with Crippen molar-refractivity contribution in [2.45, 2.75) is 187 Å². The highest BCUT2D eigenvalue weighted by Gasteiger charge is 2.17. The molecule has 0 saturated carbocycles. The lowest BCUT2D eigenvalue weighted by Crippen LogP contribution is -2.51. The molecule has 0 radical (unpaired) electrons. The summed E-state index contributed by atoms with van der Waals surface area (Å²) in [6.45, 7) is 19.3. The van der Waals surface area contributed by atoms with Crippen molar-refractivity contribution >= 4 is 0 Å². The Morgan fingerprint density at radius 3 is 1.34 bits per heavy atom. The molecule has 1 unspecified atom stereocenters. The van der Waals surface area contributed by atoms with E-state index in [2.05, 4.69) is 53.0 Å². The van der Waals surface area contributed by atoms with Gasteiger partial charge >= 0.3 is 0 Å². The highest BCUT2D eigenvalue weighted by atomic mass is 16.3. The molecule has 2 N–H and O–H groups in total. The Kier molecular flexibility index (Phi) is 32.6. The predicted octanol–water partition coefficient (Wildman–Crippen LogP) is 9.52. The first-order valence-corrected chi connectivity index (χ1v) is 21.4. The third kappa shape index (κ3) is 29.2. The van der Waals surface area contributed by atoms with E-state index >= 15 is 0 Å². The normalized spacial score (nSPS) is 15.4. The van der Waals surface area contributed by atoms with Gasteiger partial charge in [0.1, 0.15) is 0 Å². The molecule has 0 spiro atoms. The number of nitrogens with one attached hydrogen (secondary N) is 1. The zero-order valence-corrected chi connectivity index (χ0v) is 32.8. The molecule has 6 nitrogen and oxygen atoms in total. The number of aliphatic hydroxyl groups is 1. The largest absolute Gasteiger partial charge is 0.392 e. The zero-order chi connectivity index (χ0) is 34.0. The predicted molar refractivity (Wildman–Crippen MR) is 208 cm³/mol. The first kappa shape index (κ1) is 44.8. The molecule has 1 heterocycles. The third-order valence-electron chi connectivity index (χ3n) is 10.5. The molecule has 1 atom stereocenters. The molecule has 1 rings (SSSR count). The maximum absolute atomic E-state index is 10.5. The summed E-state index contributed by atoms with van der Waals surface area (Å²) in [6, 6.07) is 0. The summed E-state index contributed by atoms with van der Waals surface area (Å²) in [5, 5.41) is 13.1. The van der Waals surface area contributed by atoms with Crippen LogP contribution in [0.15, 0.2) is 0 Å². The van der Waals surface area contributed by atoms with Gasteiger partial charge in [0.05, 0.1) is 6.10 Å². The van der Waals surface area contributed by atoms with Gasteiger partial charge < -0.3 is 10.0 Å². The Hall–Kier alpha value is -0.240. The quantitative estimate of drug-likeness (QED) is 0.0514. The van der Waals surface area contributed by atoms with Crippen molar-refractivity contribution in [3.63, 3.8) is 0 Å². The van der Waals surface area contributed by atoms with Gasteiger partial charge in [-0.1, -0.05) is 162 Å². The minimum atomic E-state index is -0.171. The van der Waals surface area contributed by atoms with Crippen molar-refractivity contribution in [1.29, 1.82) is 0 Å². The van der Waals surface area contributed by atoms with Crippen LogP contribution in [0.5, 0.6) is 0 Å². The fourth-order valence-electron chi connectivity index (χ4n) is 7.11. The molecule has 1 fully saturated rings. The third-order valence-corrected chi connectivity index (χ3v) is 10.5. The van der Waals surface area contributed by atoms with Gasteiger partial charge in [0.25, 0.3) is 0 Å². The first-order chi connectivity index (χ1) is 23.1. The van der Waals surface area contributed by atoms with Crippen LogP contribution in [0, 0.1) is 0 Å². The van der Waals surface area contributed by atoms with Gasteiger partial charge in [-0.15, -0.1) is 0 Å². The Bertz CT molecular complexity index is 595. The first-order valence-electron chi connectivity index (χ1n) is 21.4. The topological polar surface area (TPSA) is 45.2 Å². The molecule has 6 heteroatoms. The van der Waals surface area contributed by atoms with Crippen molar-refractivity contribution < 1.29 is 5.11 Å². The van der Waals surface area contributed by atoms with E-state index in [-0.39, 0.29) is 6.10 Å². The Morgan fingerprint density at radius 1 is 0.511 bits per heavy atom. The lowest BCUT2D eigenvalue weighted by molar-refractivity contribution is 0.0910. The molecule has 1 aliphatic heterocycles. The van der Waals surface area contributed by atoms with Crippen LogP contribution in [0.1, 0.15) is 181 Å². The number of hydrogen-bond acceptors (Lipinski definition) is 6. The SMILES string of the molecule is CCCCCCCCCCC(O)CN(C)CCN1CCN(CCNN(CCCCCCCCCC)CCCCCCCCCC)CC1. The van der Waals surface area contributed by atoms with Crippen LogP contribution in [-0.2, 0) is 0 Å². The van der Waals surface area contributed by atoms with Crippen LogP contribution in [0.2, 0.25) is 0 Å². The van der Waals surface area contributed by atoms with Crippen molar-refractivity contribution in [2.75, 3.05) is 79.0 Å². The molecule has 47 heavy (non-hydrogen) atoms. The Labute approximate surface area is 296 Å². The summed E-state index contributed by atoms with van der Waals surface area (Å²) in [4.78, 5) is 7.63. The van der Waals surface area contributed by atoms with E-state index in [4.69, 9.17) is 0 Å². The summed E-state index contributed by atoms with van der Waals surface area (Å²) in [5.74, 6) is 0. The number of hydrogen-bond donors (Lipinski definition) is 2. The maximum atomic E-state index is 10.5. The number of unbranched alkanes of at least 4 members (excludes halogenated alkanes) is 21. The van der Waals surface area contributed by atoms with E-state index in [1.807, 2.05) is 0 Å². The van der Waals surface area contributed by atoms with Gasteiger partial charge in [-0.25, -0.2) is 5.01 Å². The van der Waals surface area contributed by atoms with E-state index in [1.54, 1.807) is 0 Å². The maximum Gasteiger partial charge on any atom is 0.0667 e. The molecular weight excluding hydrogens is 578 g/mol. The van der Waals surface area contributed by atoms with Crippen LogP contribution in [0.3, 0.4) is 0 Å². The molecular formula is C41H87N5O. The molecule has 1 saturated heterocycles. The van der Waals surface area contributed by atoms with Crippen LogP contribution < -0.4 is 5.43 Å². The van der Waals surface area contributed by atoms with Gasteiger partial charge in [0, 0.05) is 72.0 Å². The van der Waals surface area contributed by atoms with Gasteiger partial charge in [0.2, 0.25) is 0 Å². The highest BCUT2D eigenvalue weighted by Crippen LogP contribution is 2.13. The van der Waals surface area contributed by atoms with Crippen LogP contribution in [0.4, 0.5) is 0 Å². The fraction of sp³-hybridized carbons (Fsp3) is 1.00. The summed E-state index contributed by atoms with van der Waals surface area (Å²) in [6.07, 6.45) is 33.8. The number of aliphatic hydroxyl groups excluding tert-OH is 1. The number of hydrazine groups is 1. The molecule has 0 aliphatic carbocycles. The monoisotopic (exact) mass is 666 g/mol. The lowest BCUT2D eigenvalue weighted by atomic mass is 10.1. The van der Waals surface area contributed by atoms with Crippen LogP contribution in [-0.4, -0.2) is 110 Å². The minimum absolute atomic E-state index is 0.171. The average molecular weight is 666 g/mol. The minimum Gasteiger partial charge on any atom is -0.392 e. The average Bonchev–Trinajstić information content (AvgIpc) is 3.07. The van der Waals surface area contributed by atoms with E-state index in [0.717, 1.165) is 39.1 Å². The highest BCUT2D eigenvalue weighted by molar-refractivity contribution is 4.74. The van der Waals surface area contributed by atoms with Gasteiger partial charge in [0.15, 0.2) is 0 Å². The van der Waals surface area contributed by atoms with E-state index < -0.39 is 0 Å². The molecule has 282 valence electrons. The second-order valence-corrected chi connectivity index (χ2v) is 15.2. The number of nitrogens with zero attached hydrogens (tertiary/aromatic N) is 4. The number of rotatable bonds is 36. The molecule has 0 aromatic rings. The number of piperazine rings is 1. The van der Waals surface area contributed by atoms with Gasteiger partial charge in [-0.2, -0.15) is 0 Å². The van der Waals surface area contributed by atoms with Crippen LogP contribution >= 0.6 is 0 Å². The van der Waals surface area contributed by atoms with Crippen LogP contribution in [0.25, 0.3) is 0 Å². The van der Waals surface area contributed by atoms with Crippen molar-refractivity contribution in [2.24, 2.45) is 0 Å². The molecule has 1 aliphatic rings. The molecule has 0 amide bonds. The molecule has 0 aromatic carbocycles. The van der Waals surface area contributed by atoms with Crippen molar-refractivity contribution in [1.82, 2.24) is 25.1 Å². The second kappa shape index (κ2) is 34.2. The van der Waals surface area contributed by atoms with Gasteiger partial charge in [-0.05, 0) is 26.3 Å². The fourth-order valence-corrected chi connectivity index (χ4v) is 7.11. The molecule has 0 bridgehead atoms. The van der Waals surface area contributed by atoms with Crippen molar-refractivity contribution in [3.05, 3.63) is 0 Å². The number of likely N-dealkylation sites (N-methyl/N-ethyl adjacent to an activating group) is 1. The summed E-state index contributed by atoms with van der Waals surface area (Å²) in [7, 11) is 2.19. The van der Waals surface area contributed by atoms with Crippen molar-refractivity contribution in [3.8, 4) is 0 Å². The summed E-state index contributed by atoms with van der Waals surface area (Å²) in [5.41, 5.74) is 3.85. The standard InChI is InChI=1S/C41H87N5O/c1-5-8-11-14-17-20-23-26-29-41(47)40-43(4)34-35-45-38-36-44(37-39-45)33-30-42-46(31-27-24-21-18-15-12-9-6-2)32-28-25-22-19-16-13-10-7-3/h41-42,47H,5-40H2,1-4H3.